The molecule has 2 N–H and O–H groups in total. The molecule has 2 aromatic carbocycles. The molecule has 1 aliphatic carbocycles. The van der Waals surface area contributed by atoms with Gasteiger partial charge in [0.15, 0.2) is 17.7 Å². The van der Waals surface area contributed by atoms with Gasteiger partial charge in [0.1, 0.15) is 5.00 Å². The molecule has 0 spiro atoms. The molecule has 4 rings (SSSR count). The second kappa shape index (κ2) is 12.4. The van der Waals surface area contributed by atoms with Crippen molar-refractivity contribution in [2.24, 2.45) is 5.92 Å². The quantitative estimate of drug-likeness (QED) is 0.316. The Kier molecular flexibility index (Phi) is 9.08. The van der Waals surface area contributed by atoms with Crippen molar-refractivity contribution in [1.82, 2.24) is 0 Å². The number of sulfonamides is 1. The first-order valence-electron chi connectivity index (χ1n) is 12.8. The lowest BCUT2D eigenvalue weighted by Gasteiger charge is -2.18. The number of hydrogen-bond acceptors (Lipinski definition) is 8. The summed E-state index contributed by atoms with van der Waals surface area (Å²) in [5, 5.41) is 3.04. The number of hydrogen-bond donors (Lipinski definition) is 2. The third kappa shape index (κ3) is 6.91. The Labute approximate surface area is 239 Å². The molecule has 1 heterocycles. The van der Waals surface area contributed by atoms with Gasteiger partial charge in [-0.1, -0.05) is 13.0 Å². The van der Waals surface area contributed by atoms with Crippen LogP contribution in [-0.2, 0) is 37.1 Å². The molecule has 9 nitrogen and oxygen atoms in total. The van der Waals surface area contributed by atoms with Crippen LogP contribution in [0.3, 0.4) is 0 Å². The van der Waals surface area contributed by atoms with Crippen LogP contribution in [0.4, 0.5) is 19.5 Å². The predicted molar refractivity (Wildman–Crippen MR) is 149 cm³/mol. The van der Waals surface area contributed by atoms with E-state index in [1.807, 2.05) is 0 Å². The zero-order valence-electron chi connectivity index (χ0n) is 22.5. The molecule has 41 heavy (non-hydrogen) atoms. The van der Waals surface area contributed by atoms with Gasteiger partial charge >= 0.3 is 11.9 Å². The summed E-state index contributed by atoms with van der Waals surface area (Å²) >= 11 is 1.31. The SMILES string of the molecule is CCOC(=O)c1c(NC(=O)[C@H](C)OC(=O)c2cccc(NS(=O)(=O)c3ccc(F)c(F)c3)c2)sc2c1CC[C@@H](C)C2. The summed E-state index contributed by atoms with van der Waals surface area (Å²) in [5.41, 5.74) is 1.09. The van der Waals surface area contributed by atoms with Crippen LogP contribution >= 0.6 is 11.3 Å². The van der Waals surface area contributed by atoms with Crippen LogP contribution in [0, 0.1) is 17.6 Å². The highest BCUT2D eigenvalue weighted by Gasteiger charge is 2.30. The van der Waals surface area contributed by atoms with Crippen LogP contribution in [-0.4, -0.2) is 39.0 Å². The number of amides is 1. The molecule has 1 aromatic heterocycles. The Morgan fingerprint density at radius 2 is 1.85 bits per heavy atom. The molecule has 0 unspecified atom stereocenters. The topological polar surface area (TPSA) is 128 Å². The van der Waals surface area contributed by atoms with E-state index in [2.05, 4.69) is 17.0 Å². The average molecular weight is 607 g/mol. The highest BCUT2D eigenvalue weighted by atomic mass is 32.2. The summed E-state index contributed by atoms with van der Waals surface area (Å²) in [7, 11) is -4.30. The number of benzene rings is 2. The number of ether oxygens (including phenoxy) is 2. The molecule has 2 atom stereocenters. The maximum atomic E-state index is 13.5. The molecule has 0 fully saturated rings. The zero-order chi connectivity index (χ0) is 29.9. The Balaban J connectivity index is 1.46. The summed E-state index contributed by atoms with van der Waals surface area (Å²) in [6.07, 6.45) is 1.12. The molecule has 218 valence electrons. The second-order valence-corrected chi connectivity index (χ2v) is 12.4. The van der Waals surface area contributed by atoms with Crippen molar-refractivity contribution in [1.29, 1.82) is 0 Å². The minimum Gasteiger partial charge on any atom is -0.462 e. The fourth-order valence-corrected chi connectivity index (χ4v) is 6.78. The van der Waals surface area contributed by atoms with E-state index in [1.54, 1.807) is 6.92 Å². The Hall–Kier alpha value is -3.84. The zero-order valence-corrected chi connectivity index (χ0v) is 24.1. The Bertz CT molecular complexity index is 1600. The maximum absolute atomic E-state index is 13.5. The first-order chi connectivity index (χ1) is 19.4. The van der Waals surface area contributed by atoms with E-state index in [4.69, 9.17) is 9.47 Å². The van der Waals surface area contributed by atoms with Crippen LogP contribution in [0.15, 0.2) is 47.4 Å². The Morgan fingerprint density at radius 3 is 2.56 bits per heavy atom. The number of esters is 2. The predicted octanol–water partition coefficient (Wildman–Crippen LogP) is 5.31. The minimum absolute atomic E-state index is 0.0428. The molecule has 1 aliphatic rings. The van der Waals surface area contributed by atoms with E-state index in [1.165, 1.54) is 42.5 Å². The van der Waals surface area contributed by atoms with Crippen molar-refractivity contribution in [3.63, 3.8) is 0 Å². The van der Waals surface area contributed by atoms with Gasteiger partial charge in [-0.05, 0) is 81.0 Å². The lowest BCUT2D eigenvalue weighted by molar-refractivity contribution is -0.123. The number of fused-ring (bicyclic) bond motifs is 1. The third-order valence-electron chi connectivity index (χ3n) is 6.43. The number of anilines is 2. The van der Waals surface area contributed by atoms with E-state index in [9.17, 15) is 31.6 Å². The van der Waals surface area contributed by atoms with E-state index in [-0.39, 0.29) is 17.9 Å². The van der Waals surface area contributed by atoms with Gasteiger partial charge in [-0.25, -0.2) is 26.8 Å². The molecule has 0 radical (unpaired) electrons. The van der Waals surface area contributed by atoms with E-state index >= 15 is 0 Å². The molecular formula is C28H28F2N2O7S2. The molecule has 0 bridgehead atoms. The summed E-state index contributed by atoms with van der Waals surface area (Å²) in [4.78, 5) is 39.0. The second-order valence-electron chi connectivity index (χ2n) is 9.58. The summed E-state index contributed by atoms with van der Waals surface area (Å²) in [6, 6.07) is 7.39. The van der Waals surface area contributed by atoms with Crippen molar-refractivity contribution in [3.8, 4) is 0 Å². The van der Waals surface area contributed by atoms with Crippen molar-refractivity contribution in [3.05, 3.63) is 75.7 Å². The lowest BCUT2D eigenvalue weighted by atomic mass is 9.88. The first kappa shape index (κ1) is 30.1. The average Bonchev–Trinajstić information content (AvgIpc) is 3.26. The van der Waals surface area contributed by atoms with Crippen LogP contribution in [0.25, 0.3) is 0 Å². The van der Waals surface area contributed by atoms with E-state index in [0.717, 1.165) is 29.3 Å². The third-order valence-corrected chi connectivity index (χ3v) is 8.98. The monoisotopic (exact) mass is 606 g/mol. The number of carbonyl (C=O) groups is 3. The van der Waals surface area contributed by atoms with Gasteiger partial charge in [0, 0.05) is 10.6 Å². The van der Waals surface area contributed by atoms with Gasteiger partial charge in [-0.2, -0.15) is 0 Å². The highest BCUT2D eigenvalue weighted by molar-refractivity contribution is 7.92. The number of thiophene rings is 1. The molecule has 0 saturated heterocycles. The molecule has 3 aromatic rings. The Morgan fingerprint density at radius 1 is 1.10 bits per heavy atom. The highest BCUT2D eigenvalue weighted by Crippen LogP contribution is 2.40. The number of carbonyl (C=O) groups excluding carboxylic acids is 3. The molecule has 13 heteroatoms. The van der Waals surface area contributed by atoms with Gasteiger partial charge in [0.2, 0.25) is 0 Å². The fourth-order valence-electron chi connectivity index (χ4n) is 4.32. The van der Waals surface area contributed by atoms with Gasteiger partial charge in [0.05, 0.1) is 22.6 Å². The summed E-state index contributed by atoms with van der Waals surface area (Å²) < 4.78 is 64.6. The summed E-state index contributed by atoms with van der Waals surface area (Å²) in [5.74, 6) is -4.18. The maximum Gasteiger partial charge on any atom is 0.341 e. The van der Waals surface area contributed by atoms with Gasteiger partial charge < -0.3 is 14.8 Å². The van der Waals surface area contributed by atoms with Crippen molar-refractivity contribution in [2.45, 2.75) is 51.0 Å². The minimum atomic E-state index is -4.30. The van der Waals surface area contributed by atoms with Crippen LogP contribution < -0.4 is 10.0 Å². The first-order valence-corrected chi connectivity index (χ1v) is 15.1. The molecule has 0 aliphatic heterocycles. The van der Waals surface area contributed by atoms with Crippen molar-refractivity contribution < 1.29 is 41.1 Å². The van der Waals surface area contributed by atoms with E-state index < -0.39 is 50.5 Å². The van der Waals surface area contributed by atoms with Crippen molar-refractivity contribution >= 4 is 49.9 Å². The smallest absolute Gasteiger partial charge is 0.341 e. The van der Waals surface area contributed by atoms with Crippen LogP contribution in [0.5, 0.6) is 0 Å². The number of halogens is 2. The summed E-state index contributed by atoms with van der Waals surface area (Å²) in [6.45, 7) is 5.36. The largest absolute Gasteiger partial charge is 0.462 e. The van der Waals surface area contributed by atoms with E-state index in [0.29, 0.717) is 35.0 Å². The van der Waals surface area contributed by atoms with Gasteiger partial charge in [-0.3, -0.25) is 9.52 Å². The van der Waals surface area contributed by atoms with Gasteiger partial charge in [0.25, 0.3) is 15.9 Å². The normalized spacial score (nSPS) is 15.4. The number of rotatable bonds is 9. The van der Waals surface area contributed by atoms with Crippen LogP contribution in [0.1, 0.15) is 58.3 Å². The molecule has 0 saturated carbocycles. The van der Waals surface area contributed by atoms with Crippen LogP contribution in [0.2, 0.25) is 0 Å². The lowest BCUT2D eigenvalue weighted by Crippen LogP contribution is -2.30. The fraction of sp³-hybridized carbons (Fsp3) is 0.321. The standard InChI is InChI=1S/C28H28F2N2O7S2/c1-4-38-28(35)24-20-10-8-15(2)12-23(20)40-26(24)31-25(33)16(3)39-27(34)17-6-5-7-18(13-17)32-41(36,37)19-9-11-21(29)22(30)14-19/h5-7,9,11,13-16,32H,4,8,10,12H2,1-3H3,(H,31,33)/t15-,16+/m1/s1. The molecular weight excluding hydrogens is 578 g/mol. The molecule has 1 amide bonds. The number of nitrogens with one attached hydrogen (secondary N) is 2. The van der Waals surface area contributed by atoms with Gasteiger partial charge in [-0.15, -0.1) is 11.3 Å². The van der Waals surface area contributed by atoms with Crippen molar-refractivity contribution in [2.75, 3.05) is 16.6 Å².